The second-order valence-electron chi connectivity index (χ2n) is 6.09. The number of hydrogen-bond acceptors (Lipinski definition) is 3. The Labute approximate surface area is 148 Å². The summed E-state index contributed by atoms with van der Waals surface area (Å²) in [7, 11) is 1.68. The summed E-state index contributed by atoms with van der Waals surface area (Å²) in [4.78, 5) is 14.1. The summed E-state index contributed by atoms with van der Waals surface area (Å²) in [5.74, 6) is 0.851. The smallest absolute Gasteiger partial charge is 0.318 e. The van der Waals surface area contributed by atoms with E-state index < -0.39 is 0 Å². The summed E-state index contributed by atoms with van der Waals surface area (Å²) < 4.78 is 10.7. The van der Waals surface area contributed by atoms with Crippen molar-refractivity contribution < 1.29 is 14.3 Å². The predicted molar refractivity (Wildman–Crippen MR) is 97.8 cm³/mol. The zero-order valence-electron chi connectivity index (χ0n) is 14.7. The molecule has 2 aromatic rings. The van der Waals surface area contributed by atoms with Crippen molar-refractivity contribution in [1.82, 2.24) is 10.2 Å². The molecule has 1 N–H and O–H groups in total. The molecule has 1 fully saturated rings. The van der Waals surface area contributed by atoms with Gasteiger partial charge in [0.05, 0.1) is 26.4 Å². The number of hydrogen-bond donors (Lipinski definition) is 1. The molecule has 2 amide bonds. The average Bonchev–Trinajstić information content (AvgIpc) is 2.68. The highest BCUT2D eigenvalue weighted by molar-refractivity contribution is 5.75. The minimum atomic E-state index is -0.0536. The number of amides is 2. The Hall–Kier alpha value is -2.53. The molecule has 25 heavy (non-hydrogen) atoms. The third-order valence-corrected chi connectivity index (χ3v) is 4.47. The van der Waals surface area contributed by atoms with E-state index in [2.05, 4.69) is 17.4 Å². The van der Waals surface area contributed by atoms with Gasteiger partial charge in [-0.25, -0.2) is 4.79 Å². The van der Waals surface area contributed by atoms with E-state index in [1.807, 2.05) is 43.3 Å². The highest BCUT2D eigenvalue weighted by atomic mass is 16.5. The van der Waals surface area contributed by atoms with E-state index >= 15 is 0 Å². The van der Waals surface area contributed by atoms with Crippen molar-refractivity contribution in [3.8, 4) is 16.9 Å². The SMILES string of the molecule is COc1ccccc1-c1ccc([C@@H](C)NC(=O)N2CCOCC2)cc1. The number of carbonyl (C=O) groups is 1. The molecule has 3 rings (SSSR count). The number of benzene rings is 2. The van der Waals surface area contributed by atoms with Gasteiger partial charge >= 0.3 is 6.03 Å². The number of urea groups is 1. The van der Waals surface area contributed by atoms with E-state index in [-0.39, 0.29) is 12.1 Å². The topological polar surface area (TPSA) is 50.8 Å². The number of rotatable bonds is 4. The van der Waals surface area contributed by atoms with Gasteiger partial charge in [-0.05, 0) is 24.1 Å². The van der Waals surface area contributed by atoms with E-state index in [4.69, 9.17) is 9.47 Å². The first-order valence-corrected chi connectivity index (χ1v) is 8.55. The lowest BCUT2D eigenvalue weighted by atomic mass is 10.0. The lowest BCUT2D eigenvalue weighted by molar-refractivity contribution is 0.0526. The average molecular weight is 340 g/mol. The fourth-order valence-electron chi connectivity index (χ4n) is 2.96. The second kappa shape index (κ2) is 8.03. The molecule has 1 aliphatic heterocycles. The molecule has 0 unspecified atom stereocenters. The molecule has 0 saturated carbocycles. The minimum absolute atomic E-state index is 0.0374. The van der Waals surface area contributed by atoms with Crippen LogP contribution < -0.4 is 10.1 Å². The van der Waals surface area contributed by atoms with Gasteiger partial charge in [0.25, 0.3) is 0 Å². The molecule has 0 spiro atoms. The molecule has 0 bridgehead atoms. The van der Waals surface area contributed by atoms with Crippen LogP contribution in [0.5, 0.6) is 5.75 Å². The van der Waals surface area contributed by atoms with Crippen LogP contribution in [-0.2, 0) is 4.74 Å². The molecular formula is C20H24N2O3. The van der Waals surface area contributed by atoms with Crippen molar-refractivity contribution in [2.75, 3.05) is 33.4 Å². The Morgan fingerprint density at radius 1 is 1.12 bits per heavy atom. The Morgan fingerprint density at radius 2 is 1.80 bits per heavy atom. The van der Waals surface area contributed by atoms with Crippen molar-refractivity contribution in [2.45, 2.75) is 13.0 Å². The number of ether oxygens (including phenoxy) is 2. The molecule has 0 aliphatic carbocycles. The monoisotopic (exact) mass is 340 g/mol. The third kappa shape index (κ3) is 4.12. The largest absolute Gasteiger partial charge is 0.496 e. The molecule has 1 aliphatic rings. The number of para-hydroxylation sites is 1. The van der Waals surface area contributed by atoms with E-state index in [0.29, 0.717) is 26.3 Å². The maximum absolute atomic E-state index is 12.3. The molecule has 132 valence electrons. The molecule has 0 radical (unpaired) electrons. The summed E-state index contributed by atoms with van der Waals surface area (Å²) in [5.41, 5.74) is 3.22. The Kier molecular flexibility index (Phi) is 5.56. The molecule has 2 aromatic carbocycles. The normalized spacial score (nSPS) is 15.5. The van der Waals surface area contributed by atoms with Crippen LogP contribution in [0.2, 0.25) is 0 Å². The molecule has 1 saturated heterocycles. The lowest BCUT2D eigenvalue weighted by Gasteiger charge is -2.28. The first-order valence-electron chi connectivity index (χ1n) is 8.55. The molecule has 1 atom stereocenters. The summed E-state index contributed by atoms with van der Waals surface area (Å²) >= 11 is 0. The zero-order chi connectivity index (χ0) is 17.6. The van der Waals surface area contributed by atoms with Crippen molar-refractivity contribution in [3.05, 3.63) is 54.1 Å². The van der Waals surface area contributed by atoms with E-state index in [1.54, 1.807) is 12.0 Å². The first-order chi connectivity index (χ1) is 12.2. The lowest BCUT2D eigenvalue weighted by Crippen LogP contribution is -2.46. The van der Waals surface area contributed by atoms with Crippen LogP contribution in [0.3, 0.4) is 0 Å². The predicted octanol–water partition coefficient (Wildman–Crippen LogP) is 3.47. The summed E-state index contributed by atoms with van der Waals surface area (Å²) in [6.45, 7) is 4.50. The van der Waals surface area contributed by atoms with E-state index in [0.717, 1.165) is 22.4 Å². The first kappa shape index (κ1) is 17.3. The van der Waals surface area contributed by atoms with Gasteiger partial charge < -0.3 is 19.7 Å². The van der Waals surface area contributed by atoms with Crippen molar-refractivity contribution in [3.63, 3.8) is 0 Å². The van der Waals surface area contributed by atoms with Crippen LogP contribution in [0.4, 0.5) is 4.79 Å². The number of morpholine rings is 1. The van der Waals surface area contributed by atoms with Gasteiger partial charge in [0.1, 0.15) is 5.75 Å². The van der Waals surface area contributed by atoms with Crippen LogP contribution in [0, 0.1) is 0 Å². The molecule has 0 aromatic heterocycles. The van der Waals surface area contributed by atoms with Crippen molar-refractivity contribution in [1.29, 1.82) is 0 Å². The van der Waals surface area contributed by atoms with Crippen molar-refractivity contribution in [2.24, 2.45) is 0 Å². The summed E-state index contributed by atoms with van der Waals surface area (Å²) in [6, 6.07) is 16.1. The highest BCUT2D eigenvalue weighted by Gasteiger charge is 2.19. The van der Waals surface area contributed by atoms with Crippen LogP contribution in [-0.4, -0.2) is 44.3 Å². The molecule has 5 heteroatoms. The van der Waals surface area contributed by atoms with E-state index in [1.165, 1.54) is 0 Å². The Morgan fingerprint density at radius 3 is 2.48 bits per heavy atom. The van der Waals surface area contributed by atoms with Crippen molar-refractivity contribution >= 4 is 6.03 Å². The fourth-order valence-corrected chi connectivity index (χ4v) is 2.96. The summed E-state index contributed by atoms with van der Waals surface area (Å²) in [6.07, 6.45) is 0. The number of methoxy groups -OCH3 is 1. The standard InChI is InChI=1S/C20H24N2O3/c1-15(21-20(23)22-11-13-25-14-12-22)16-7-9-17(10-8-16)18-5-3-4-6-19(18)24-2/h3-10,15H,11-14H2,1-2H3,(H,21,23)/t15-/m1/s1. The van der Waals surface area contributed by atoms with Gasteiger partial charge in [-0.2, -0.15) is 0 Å². The third-order valence-electron chi connectivity index (χ3n) is 4.47. The maximum Gasteiger partial charge on any atom is 0.318 e. The summed E-state index contributed by atoms with van der Waals surface area (Å²) in [5, 5.41) is 3.05. The van der Waals surface area contributed by atoms with Crippen LogP contribution >= 0.6 is 0 Å². The zero-order valence-corrected chi connectivity index (χ0v) is 14.7. The van der Waals surface area contributed by atoms with Gasteiger partial charge in [-0.15, -0.1) is 0 Å². The van der Waals surface area contributed by atoms with Gasteiger partial charge in [-0.1, -0.05) is 42.5 Å². The highest BCUT2D eigenvalue weighted by Crippen LogP contribution is 2.30. The van der Waals surface area contributed by atoms with Crippen LogP contribution in [0.1, 0.15) is 18.5 Å². The maximum atomic E-state index is 12.3. The second-order valence-corrected chi connectivity index (χ2v) is 6.09. The minimum Gasteiger partial charge on any atom is -0.496 e. The van der Waals surface area contributed by atoms with Crippen LogP contribution in [0.15, 0.2) is 48.5 Å². The number of nitrogens with one attached hydrogen (secondary N) is 1. The van der Waals surface area contributed by atoms with Gasteiger partial charge in [0, 0.05) is 18.7 Å². The molecular weight excluding hydrogens is 316 g/mol. The van der Waals surface area contributed by atoms with Gasteiger partial charge in [0.15, 0.2) is 0 Å². The number of nitrogens with zero attached hydrogens (tertiary/aromatic N) is 1. The fraction of sp³-hybridized carbons (Fsp3) is 0.350. The van der Waals surface area contributed by atoms with E-state index in [9.17, 15) is 4.79 Å². The Balaban J connectivity index is 1.68. The van der Waals surface area contributed by atoms with Crippen LogP contribution in [0.25, 0.3) is 11.1 Å². The quantitative estimate of drug-likeness (QED) is 0.927. The molecule has 1 heterocycles. The van der Waals surface area contributed by atoms with Gasteiger partial charge in [0.2, 0.25) is 0 Å². The Bertz CT molecular complexity index is 709. The van der Waals surface area contributed by atoms with Gasteiger partial charge in [-0.3, -0.25) is 0 Å². The molecule has 5 nitrogen and oxygen atoms in total. The number of carbonyl (C=O) groups excluding carboxylic acids is 1.